The minimum absolute atomic E-state index is 0.00500. The number of hydrogen-bond donors (Lipinski definition) is 0. The molecule has 0 spiro atoms. The van der Waals surface area contributed by atoms with E-state index in [0.717, 1.165) is 6.54 Å². The molecule has 1 aromatic rings. The smallest absolute Gasteiger partial charge is 0.269 e. The van der Waals surface area contributed by atoms with Crippen LogP contribution in [0.25, 0.3) is 0 Å². The average molecular weight is 206 g/mol. The quantitative estimate of drug-likeness (QED) is 0.418. The number of amides is 1. The van der Waals surface area contributed by atoms with Crippen LogP contribution in [0.5, 0.6) is 0 Å². The van der Waals surface area contributed by atoms with Crippen molar-refractivity contribution in [1.29, 1.82) is 0 Å². The Kier molecular flexibility index (Phi) is 2.15. The van der Waals surface area contributed by atoms with Gasteiger partial charge in [0.05, 0.1) is 4.92 Å². The summed E-state index contributed by atoms with van der Waals surface area (Å²) in [6.45, 7) is 2.74. The lowest BCUT2D eigenvalue weighted by molar-refractivity contribution is -0.384. The summed E-state index contributed by atoms with van der Waals surface area (Å²) in [4.78, 5) is 23.3. The molecule has 1 aromatic carbocycles. The number of hydrogen-bond acceptors (Lipinski definition) is 3. The second kappa shape index (κ2) is 3.34. The zero-order valence-corrected chi connectivity index (χ0v) is 8.21. The summed E-state index contributed by atoms with van der Waals surface area (Å²) in [7, 11) is 0. The van der Waals surface area contributed by atoms with Crippen LogP contribution in [0.15, 0.2) is 24.3 Å². The van der Waals surface area contributed by atoms with Crippen molar-refractivity contribution in [3.8, 4) is 0 Å². The van der Waals surface area contributed by atoms with Crippen molar-refractivity contribution in [2.24, 2.45) is 0 Å². The Labute approximate surface area is 86.5 Å². The largest absolute Gasteiger partial charge is 0.332 e. The summed E-state index contributed by atoms with van der Waals surface area (Å²) in [5, 5.41) is 10.4. The second-order valence-corrected chi connectivity index (χ2v) is 3.61. The van der Waals surface area contributed by atoms with Gasteiger partial charge in [0.2, 0.25) is 0 Å². The van der Waals surface area contributed by atoms with Crippen molar-refractivity contribution >= 4 is 11.6 Å². The molecule has 1 amide bonds. The standard InChI is InChI=1S/C10H10N2O3/c1-7-6-11(7)10(13)8-2-4-9(5-3-8)12(14)15/h2-5,7H,6H2,1H3/t7-,11?/m0/s1. The lowest BCUT2D eigenvalue weighted by atomic mass is 10.2. The number of nitro groups is 1. The van der Waals surface area contributed by atoms with Crippen molar-refractivity contribution < 1.29 is 9.72 Å². The van der Waals surface area contributed by atoms with Crippen LogP contribution in [0.1, 0.15) is 17.3 Å². The van der Waals surface area contributed by atoms with Crippen molar-refractivity contribution in [2.45, 2.75) is 13.0 Å². The van der Waals surface area contributed by atoms with Crippen LogP contribution in [0.4, 0.5) is 5.69 Å². The molecule has 0 saturated carbocycles. The fourth-order valence-electron chi connectivity index (χ4n) is 1.41. The Morgan fingerprint density at radius 1 is 1.47 bits per heavy atom. The summed E-state index contributed by atoms with van der Waals surface area (Å²) >= 11 is 0. The van der Waals surface area contributed by atoms with Crippen molar-refractivity contribution in [3.05, 3.63) is 39.9 Å². The molecule has 0 bridgehead atoms. The van der Waals surface area contributed by atoms with E-state index in [9.17, 15) is 14.9 Å². The molecule has 1 fully saturated rings. The Hall–Kier alpha value is -1.91. The van der Waals surface area contributed by atoms with E-state index in [0.29, 0.717) is 11.6 Å². The highest BCUT2D eigenvalue weighted by molar-refractivity contribution is 5.96. The fourth-order valence-corrected chi connectivity index (χ4v) is 1.41. The van der Waals surface area contributed by atoms with Crippen LogP contribution in [0, 0.1) is 10.1 Å². The van der Waals surface area contributed by atoms with Gasteiger partial charge in [-0.3, -0.25) is 14.9 Å². The summed E-state index contributed by atoms with van der Waals surface area (Å²) in [5.74, 6) is -0.0580. The average Bonchev–Trinajstić information content (AvgIpc) is 2.94. The molecule has 5 heteroatoms. The van der Waals surface area contributed by atoms with E-state index < -0.39 is 4.92 Å². The second-order valence-electron chi connectivity index (χ2n) is 3.61. The summed E-state index contributed by atoms with van der Waals surface area (Å²) in [6.07, 6.45) is 0. The van der Waals surface area contributed by atoms with Crippen LogP contribution in [-0.4, -0.2) is 28.3 Å². The predicted molar refractivity (Wildman–Crippen MR) is 53.6 cm³/mol. The molecule has 1 aliphatic heterocycles. The Morgan fingerprint density at radius 2 is 2.00 bits per heavy atom. The van der Waals surface area contributed by atoms with Gasteiger partial charge < -0.3 is 4.90 Å². The highest BCUT2D eigenvalue weighted by Gasteiger charge is 2.34. The molecule has 0 radical (unpaired) electrons. The molecule has 1 atom stereocenters. The van der Waals surface area contributed by atoms with Gasteiger partial charge in [0.25, 0.3) is 11.6 Å². The van der Waals surface area contributed by atoms with Gasteiger partial charge >= 0.3 is 0 Å². The zero-order valence-electron chi connectivity index (χ0n) is 8.21. The van der Waals surface area contributed by atoms with E-state index in [1.54, 1.807) is 4.90 Å². The van der Waals surface area contributed by atoms with Gasteiger partial charge in [-0.1, -0.05) is 0 Å². The van der Waals surface area contributed by atoms with Crippen LogP contribution in [0.2, 0.25) is 0 Å². The van der Waals surface area contributed by atoms with Gasteiger partial charge in [-0.05, 0) is 19.1 Å². The molecule has 5 nitrogen and oxygen atoms in total. The zero-order chi connectivity index (χ0) is 11.0. The molecule has 1 heterocycles. The van der Waals surface area contributed by atoms with Crippen LogP contribution in [-0.2, 0) is 0 Å². The first-order valence-electron chi connectivity index (χ1n) is 4.65. The van der Waals surface area contributed by atoms with Crippen LogP contribution in [0.3, 0.4) is 0 Å². The van der Waals surface area contributed by atoms with Gasteiger partial charge in [-0.15, -0.1) is 0 Å². The molecule has 0 aliphatic carbocycles. The van der Waals surface area contributed by atoms with Crippen molar-refractivity contribution in [1.82, 2.24) is 4.90 Å². The minimum Gasteiger partial charge on any atom is -0.332 e. The molecule has 78 valence electrons. The normalized spacial score (nSPS) is 18.7. The van der Waals surface area contributed by atoms with Gasteiger partial charge in [0, 0.05) is 30.3 Å². The topological polar surface area (TPSA) is 63.2 Å². The highest BCUT2D eigenvalue weighted by atomic mass is 16.6. The van der Waals surface area contributed by atoms with Gasteiger partial charge in [0.15, 0.2) is 0 Å². The summed E-state index contributed by atoms with van der Waals surface area (Å²) < 4.78 is 0. The first-order chi connectivity index (χ1) is 7.09. The maximum absolute atomic E-state index is 11.7. The highest BCUT2D eigenvalue weighted by Crippen LogP contribution is 2.21. The Balaban J connectivity index is 2.16. The number of carbonyl (C=O) groups excluding carboxylic acids is 1. The van der Waals surface area contributed by atoms with Crippen molar-refractivity contribution in [2.75, 3.05) is 6.54 Å². The Bertz CT molecular complexity index is 413. The minimum atomic E-state index is -0.478. The van der Waals surface area contributed by atoms with Crippen LogP contribution < -0.4 is 0 Å². The first-order valence-corrected chi connectivity index (χ1v) is 4.65. The lowest BCUT2D eigenvalue weighted by Crippen LogP contribution is -2.12. The first kappa shape index (κ1) is 9.64. The van der Waals surface area contributed by atoms with E-state index in [1.807, 2.05) is 6.92 Å². The number of benzene rings is 1. The van der Waals surface area contributed by atoms with Gasteiger partial charge in [0.1, 0.15) is 0 Å². The van der Waals surface area contributed by atoms with E-state index in [4.69, 9.17) is 0 Å². The molecule has 0 unspecified atom stereocenters. The SMILES string of the molecule is C[C@H]1CN1C(=O)c1ccc([N+](=O)[O-])cc1. The van der Waals surface area contributed by atoms with Gasteiger partial charge in [-0.2, -0.15) is 0 Å². The monoisotopic (exact) mass is 206 g/mol. The predicted octanol–water partition coefficient (Wildman–Crippen LogP) is 1.44. The van der Waals surface area contributed by atoms with Gasteiger partial charge in [-0.25, -0.2) is 0 Å². The number of carbonyl (C=O) groups is 1. The lowest BCUT2D eigenvalue weighted by Gasteiger charge is -2.01. The molecular formula is C10H10N2O3. The number of nitrogens with zero attached hydrogens (tertiary/aromatic N) is 2. The van der Waals surface area contributed by atoms with E-state index in [-0.39, 0.29) is 11.6 Å². The molecule has 15 heavy (non-hydrogen) atoms. The maximum Gasteiger partial charge on any atom is 0.269 e. The molecule has 0 N–H and O–H groups in total. The molecule has 2 rings (SSSR count). The molecule has 0 aromatic heterocycles. The summed E-state index contributed by atoms with van der Waals surface area (Å²) in [6, 6.07) is 5.98. The molecule has 1 saturated heterocycles. The molecular weight excluding hydrogens is 196 g/mol. The van der Waals surface area contributed by atoms with Crippen molar-refractivity contribution in [3.63, 3.8) is 0 Å². The molecule has 1 aliphatic rings. The van der Waals surface area contributed by atoms with E-state index in [2.05, 4.69) is 0 Å². The van der Waals surface area contributed by atoms with E-state index in [1.165, 1.54) is 24.3 Å². The fraction of sp³-hybridized carbons (Fsp3) is 0.300. The number of rotatable bonds is 2. The third-order valence-corrected chi connectivity index (χ3v) is 2.45. The van der Waals surface area contributed by atoms with Crippen LogP contribution >= 0.6 is 0 Å². The summed E-state index contributed by atoms with van der Waals surface area (Å²) in [5.41, 5.74) is 0.510. The maximum atomic E-state index is 11.7. The third-order valence-electron chi connectivity index (χ3n) is 2.45. The number of nitro benzene ring substituents is 1. The Morgan fingerprint density at radius 3 is 2.40 bits per heavy atom. The third kappa shape index (κ3) is 1.81. The van der Waals surface area contributed by atoms with E-state index >= 15 is 0 Å². The number of non-ortho nitro benzene ring substituents is 1.